The minimum Gasteiger partial charge on any atom is -0.298 e. The second-order valence-corrected chi connectivity index (χ2v) is 10.6. The molecule has 3 rings (SSSR count). The summed E-state index contributed by atoms with van der Waals surface area (Å²) in [4.78, 5) is 4.99. The van der Waals surface area contributed by atoms with Crippen LogP contribution >= 0.6 is 6.04 Å². The topological polar surface area (TPSA) is 17.3 Å². The van der Waals surface area contributed by atoms with Gasteiger partial charge in [-0.1, -0.05) is 79.9 Å². The number of benzene rings is 1. The van der Waals surface area contributed by atoms with Crippen molar-refractivity contribution in [2.75, 3.05) is 0 Å². The first-order valence-electron chi connectivity index (χ1n) is 9.20. The standard InChI is InChI=1S/C23H25N2PS/c1-5-18(6-2)22-23(25-17-13-12-16-21(25)24-22)26(27,19(7-3)8-4)20-14-10-9-11-15-20/h5,7-17H,3,6H2,1-2,4H3/b18-5+,19-8+. The minimum absolute atomic E-state index is 0.913. The lowest BCUT2D eigenvalue weighted by Gasteiger charge is -2.25. The van der Waals surface area contributed by atoms with Gasteiger partial charge in [-0.2, -0.15) is 0 Å². The molecule has 0 saturated heterocycles. The van der Waals surface area contributed by atoms with E-state index >= 15 is 0 Å². The molecule has 2 nitrogen and oxygen atoms in total. The van der Waals surface area contributed by atoms with Crippen LogP contribution in [-0.2, 0) is 11.8 Å². The number of rotatable bonds is 6. The molecule has 1 atom stereocenters. The summed E-state index contributed by atoms with van der Waals surface area (Å²) in [6, 6.07) is 14.2. The van der Waals surface area contributed by atoms with Crippen molar-refractivity contribution >= 4 is 39.8 Å². The van der Waals surface area contributed by atoms with Crippen LogP contribution in [0.3, 0.4) is 0 Å². The molecule has 138 valence electrons. The summed E-state index contributed by atoms with van der Waals surface area (Å²) in [7, 11) is 0. The molecule has 0 aliphatic heterocycles. The summed E-state index contributed by atoms with van der Waals surface area (Å²) in [5.74, 6) is 0. The molecule has 0 amide bonds. The molecule has 0 bridgehead atoms. The summed E-state index contributed by atoms with van der Waals surface area (Å²) in [6.45, 7) is 10.4. The largest absolute Gasteiger partial charge is 0.298 e. The zero-order valence-corrected chi connectivity index (χ0v) is 17.8. The van der Waals surface area contributed by atoms with Crippen molar-refractivity contribution in [3.05, 3.63) is 90.5 Å². The first kappa shape index (κ1) is 19.5. The lowest BCUT2D eigenvalue weighted by molar-refractivity contribution is 1.21. The third-order valence-electron chi connectivity index (χ3n) is 4.82. The van der Waals surface area contributed by atoms with E-state index < -0.39 is 6.04 Å². The zero-order valence-electron chi connectivity index (χ0n) is 16.1. The first-order valence-corrected chi connectivity index (χ1v) is 12.0. The fraction of sp³-hybridized carbons (Fsp3) is 0.174. The number of hydrogen-bond acceptors (Lipinski definition) is 2. The van der Waals surface area contributed by atoms with Crippen LogP contribution in [0.15, 0.2) is 84.8 Å². The van der Waals surface area contributed by atoms with E-state index in [2.05, 4.69) is 67.4 Å². The molecule has 0 radical (unpaired) electrons. The van der Waals surface area contributed by atoms with Gasteiger partial charge in [0.05, 0.1) is 17.2 Å². The van der Waals surface area contributed by atoms with Crippen molar-refractivity contribution in [3.8, 4) is 0 Å². The Morgan fingerprint density at radius 2 is 1.81 bits per heavy atom. The van der Waals surface area contributed by atoms with Gasteiger partial charge < -0.3 is 0 Å². The van der Waals surface area contributed by atoms with Crippen LogP contribution in [0.25, 0.3) is 11.2 Å². The van der Waals surface area contributed by atoms with E-state index in [0.717, 1.165) is 33.8 Å². The van der Waals surface area contributed by atoms with Gasteiger partial charge in [-0.3, -0.25) is 4.40 Å². The summed E-state index contributed by atoms with van der Waals surface area (Å²) in [5.41, 5.74) is 4.28. The highest BCUT2D eigenvalue weighted by Crippen LogP contribution is 2.54. The van der Waals surface area contributed by atoms with E-state index in [4.69, 9.17) is 16.8 Å². The van der Waals surface area contributed by atoms with E-state index in [-0.39, 0.29) is 0 Å². The predicted molar refractivity (Wildman–Crippen MR) is 123 cm³/mol. The molecular formula is C23H25N2PS. The Labute approximate surface area is 167 Å². The molecule has 1 aromatic carbocycles. The summed E-state index contributed by atoms with van der Waals surface area (Å²) >= 11 is 6.52. The Hall–Kier alpha value is -2.22. The van der Waals surface area contributed by atoms with Crippen molar-refractivity contribution in [2.45, 2.75) is 27.2 Å². The van der Waals surface area contributed by atoms with Crippen molar-refractivity contribution in [3.63, 3.8) is 0 Å². The van der Waals surface area contributed by atoms with E-state index in [1.54, 1.807) is 0 Å². The van der Waals surface area contributed by atoms with Crippen LogP contribution in [0.5, 0.6) is 0 Å². The molecule has 0 aliphatic rings. The fourth-order valence-corrected chi connectivity index (χ4v) is 7.86. The quantitative estimate of drug-likeness (QED) is 0.397. The van der Waals surface area contributed by atoms with Gasteiger partial charge in [-0.15, -0.1) is 0 Å². The highest BCUT2D eigenvalue weighted by molar-refractivity contribution is 8.24. The summed E-state index contributed by atoms with van der Waals surface area (Å²) in [5, 5.41) is 2.26. The molecule has 0 N–H and O–H groups in total. The molecule has 0 spiro atoms. The molecule has 3 aromatic rings. The van der Waals surface area contributed by atoms with E-state index in [9.17, 15) is 0 Å². The van der Waals surface area contributed by atoms with Crippen molar-refractivity contribution in [2.24, 2.45) is 0 Å². The maximum atomic E-state index is 6.52. The second kappa shape index (κ2) is 8.21. The van der Waals surface area contributed by atoms with Gasteiger partial charge in [0.15, 0.2) is 0 Å². The predicted octanol–water partition coefficient (Wildman–Crippen LogP) is 5.67. The van der Waals surface area contributed by atoms with Gasteiger partial charge in [-0.25, -0.2) is 4.98 Å². The SMILES string of the molecule is C=C/C(=C\C)P(=S)(c1ccccc1)c1c(/C(=C/C)CC)nc2ccccn12. The molecule has 0 fully saturated rings. The van der Waals surface area contributed by atoms with Gasteiger partial charge in [0.2, 0.25) is 0 Å². The van der Waals surface area contributed by atoms with E-state index in [1.807, 2.05) is 37.3 Å². The number of pyridine rings is 1. The number of aromatic nitrogens is 2. The summed E-state index contributed by atoms with van der Waals surface area (Å²) < 4.78 is 2.18. The Morgan fingerprint density at radius 1 is 1.11 bits per heavy atom. The van der Waals surface area contributed by atoms with Crippen LogP contribution in [0.4, 0.5) is 0 Å². The van der Waals surface area contributed by atoms with Crippen molar-refractivity contribution in [1.29, 1.82) is 0 Å². The molecule has 0 saturated carbocycles. The van der Waals surface area contributed by atoms with E-state index in [1.165, 1.54) is 5.57 Å². The number of fused-ring (bicyclic) bond motifs is 1. The highest BCUT2D eigenvalue weighted by Gasteiger charge is 2.32. The van der Waals surface area contributed by atoms with Crippen LogP contribution < -0.4 is 10.7 Å². The Kier molecular flexibility index (Phi) is 5.94. The Balaban J connectivity index is 2.50. The maximum absolute atomic E-state index is 6.52. The molecule has 4 heteroatoms. The number of nitrogens with zero attached hydrogens (tertiary/aromatic N) is 2. The lowest BCUT2D eigenvalue weighted by Crippen LogP contribution is -2.23. The van der Waals surface area contributed by atoms with Crippen molar-refractivity contribution in [1.82, 2.24) is 9.38 Å². The average molecular weight is 393 g/mol. The van der Waals surface area contributed by atoms with Gasteiger partial charge in [0.1, 0.15) is 5.65 Å². The maximum Gasteiger partial charge on any atom is 0.137 e. The molecule has 1 unspecified atom stereocenters. The average Bonchev–Trinajstić information content (AvgIpc) is 3.10. The number of hydrogen-bond donors (Lipinski definition) is 0. The van der Waals surface area contributed by atoms with Gasteiger partial charge >= 0.3 is 0 Å². The van der Waals surface area contributed by atoms with Gasteiger partial charge in [0.25, 0.3) is 0 Å². The highest BCUT2D eigenvalue weighted by atomic mass is 32.4. The first-order chi connectivity index (χ1) is 13.1. The second-order valence-electron chi connectivity index (χ2n) is 6.24. The van der Waals surface area contributed by atoms with Gasteiger partial charge in [0, 0.05) is 6.20 Å². The third kappa shape index (κ3) is 3.26. The smallest absolute Gasteiger partial charge is 0.137 e. The zero-order chi connectivity index (χ0) is 19.4. The Morgan fingerprint density at radius 3 is 2.41 bits per heavy atom. The lowest BCUT2D eigenvalue weighted by atomic mass is 10.1. The minimum atomic E-state index is -2.31. The Bertz CT molecular complexity index is 1070. The van der Waals surface area contributed by atoms with Crippen LogP contribution in [0.2, 0.25) is 0 Å². The molecule has 2 aromatic heterocycles. The number of allylic oxidation sites excluding steroid dienone is 5. The van der Waals surface area contributed by atoms with Crippen LogP contribution in [0.1, 0.15) is 32.9 Å². The van der Waals surface area contributed by atoms with Crippen LogP contribution in [0, 0.1) is 0 Å². The molecule has 2 heterocycles. The monoisotopic (exact) mass is 392 g/mol. The van der Waals surface area contributed by atoms with Gasteiger partial charge in [-0.05, 0) is 48.6 Å². The van der Waals surface area contributed by atoms with E-state index in [0.29, 0.717) is 0 Å². The third-order valence-corrected chi connectivity index (χ3v) is 9.83. The molecule has 0 aliphatic carbocycles. The van der Waals surface area contributed by atoms with Crippen molar-refractivity contribution < 1.29 is 0 Å². The normalized spacial score (nSPS) is 14.9. The number of imidazole rings is 1. The van der Waals surface area contributed by atoms with Crippen LogP contribution in [-0.4, -0.2) is 9.38 Å². The summed E-state index contributed by atoms with van der Waals surface area (Å²) in [6.07, 6.45) is 9.16. The molecule has 27 heavy (non-hydrogen) atoms. The molecular weight excluding hydrogens is 367 g/mol. The fourth-order valence-electron chi connectivity index (χ4n) is 3.47.